The van der Waals surface area contributed by atoms with Crippen molar-refractivity contribution in [3.05, 3.63) is 34.9 Å². The summed E-state index contributed by atoms with van der Waals surface area (Å²) in [5.74, 6) is -0.301. The lowest BCUT2D eigenvalue weighted by molar-refractivity contribution is -0.155. The number of halogens is 1. The largest absolute Gasteiger partial charge is 0.460 e. The second kappa shape index (κ2) is 5.52. The lowest BCUT2D eigenvalue weighted by Gasteiger charge is -2.21. The Bertz CT molecular complexity index is 399. The van der Waals surface area contributed by atoms with Gasteiger partial charge >= 0.3 is 5.97 Å². The number of carbonyl (C=O) groups is 1. The van der Waals surface area contributed by atoms with Crippen LogP contribution in [0.4, 0.5) is 0 Å². The number of hydrogen-bond acceptors (Lipinski definition) is 3. The maximum Gasteiger partial charge on any atom is 0.308 e. The lowest BCUT2D eigenvalue weighted by atomic mass is 10.0. The second-order valence-electron chi connectivity index (χ2n) is 4.95. The molecule has 0 saturated heterocycles. The van der Waals surface area contributed by atoms with Crippen LogP contribution in [0, 0.1) is 0 Å². The summed E-state index contributed by atoms with van der Waals surface area (Å²) >= 11 is 5.86. The summed E-state index contributed by atoms with van der Waals surface area (Å²) in [7, 11) is 0. The van der Waals surface area contributed by atoms with Gasteiger partial charge in [0.25, 0.3) is 0 Å². The normalized spacial score (nSPS) is 13.2. The molecule has 0 aliphatic heterocycles. The zero-order valence-corrected chi connectivity index (χ0v) is 11.1. The Morgan fingerprint density at radius 1 is 1.47 bits per heavy atom. The number of carbonyl (C=O) groups excluding carboxylic acids is 1. The van der Waals surface area contributed by atoms with Crippen LogP contribution < -0.4 is 5.73 Å². The van der Waals surface area contributed by atoms with Gasteiger partial charge in [-0.05, 0) is 38.5 Å². The number of nitrogens with two attached hydrogens (primary N) is 1. The van der Waals surface area contributed by atoms with Crippen molar-refractivity contribution in [1.29, 1.82) is 0 Å². The molecule has 0 fully saturated rings. The Labute approximate surface area is 107 Å². The smallest absolute Gasteiger partial charge is 0.308 e. The van der Waals surface area contributed by atoms with Gasteiger partial charge in [-0.3, -0.25) is 4.79 Å². The molecule has 0 radical (unpaired) electrons. The molecule has 1 aromatic rings. The summed E-state index contributed by atoms with van der Waals surface area (Å²) < 4.78 is 5.21. The third-order valence-electron chi connectivity index (χ3n) is 2.08. The van der Waals surface area contributed by atoms with E-state index in [1.807, 2.05) is 32.9 Å². The molecule has 1 rings (SSSR count). The third kappa shape index (κ3) is 5.20. The minimum atomic E-state index is -0.481. The lowest BCUT2D eigenvalue weighted by Crippen LogP contribution is -2.26. The predicted octanol–water partition coefficient (Wildman–Crippen LogP) is 3.07. The minimum absolute atomic E-state index is 0.150. The Kier molecular flexibility index (Phi) is 4.54. The highest BCUT2D eigenvalue weighted by Crippen LogP contribution is 2.20. The number of esters is 1. The van der Waals surface area contributed by atoms with Gasteiger partial charge in [0.05, 0.1) is 6.42 Å². The van der Waals surface area contributed by atoms with Gasteiger partial charge in [0, 0.05) is 11.1 Å². The van der Waals surface area contributed by atoms with Gasteiger partial charge in [0.15, 0.2) is 0 Å². The highest BCUT2D eigenvalue weighted by atomic mass is 35.5. The number of ether oxygens (including phenoxy) is 1. The first kappa shape index (κ1) is 14.0. The average Bonchev–Trinajstić information content (AvgIpc) is 2.14. The first-order chi connectivity index (χ1) is 7.78. The summed E-state index contributed by atoms with van der Waals surface area (Å²) in [6, 6.07) is 6.80. The maximum absolute atomic E-state index is 11.6. The predicted molar refractivity (Wildman–Crippen MR) is 68.8 cm³/mol. The van der Waals surface area contributed by atoms with Crippen LogP contribution in [0.25, 0.3) is 0 Å². The Hall–Kier alpha value is -1.06. The van der Waals surface area contributed by atoms with Gasteiger partial charge in [0.1, 0.15) is 5.60 Å². The molecule has 2 N–H and O–H groups in total. The van der Waals surface area contributed by atoms with Crippen LogP contribution in [-0.4, -0.2) is 11.6 Å². The Balaban J connectivity index is 2.61. The fourth-order valence-corrected chi connectivity index (χ4v) is 1.62. The topological polar surface area (TPSA) is 52.3 Å². The van der Waals surface area contributed by atoms with Crippen LogP contribution >= 0.6 is 11.6 Å². The van der Waals surface area contributed by atoms with Gasteiger partial charge in [-0.15, -0.1) is 0 Å². The summed E-state index contributed by atoms with van der Waals surface area (Å²) in [6.45, 7) is 5.49. The van der Waals surface area contributed by atoms with E-state index in [-0.39, 0.29) is 18.4 Å². The van der Waals surface area contributed by atoms with E-state index in [2.05, 4.69) is 0 Å². The molecule has 0 saturated carbocycles. The first-order valence-corrected chi connectivity index (χ1v) is 5.88. The van der Waals surface area contributed by atoms with E-state index in [1.54, 1.807) is 12.1 Å². The molecule has 0 aliphatic rings. The number of rotatable bonds is 3. The number of hydrogen-bond donors (Lipinski definition) is 1. The molecular weight excluding hydrogens is 238 g/mol. The van der Waals surface area contributed by atoms with Crippen LogP contribution in [0.2, 0.25) is 5.02 Å². The molecule has 94 valence electrons. The van der Waals surface area contributed by atoms with Crippen LogP contribution in [0.5, 0.6) is 0 Å². The third-order valence-corrected chi connectivity index (χ3v) is 2.32. The van der Waals surface area contributed by atoms with E-state index in [1.165, 1.54) is 0 Å². The quantitative estimate of drug-likeness (QED) is 0.845. The number of benzene rings is 1. The van der Waals surface area contributed by atoms with Crippen LogP contribution in [0.1, 0.15) is 38.8 Å². The fourth-order valence-electron chi connectivity index (χ4n) is 1.42. The van der Waals surface area contributed by atoms with Crippen molar-refractivity contribution in [2.75, 3.05) is 0 Å². The van der Waals surface area contributed by atoms with Crippen LogP contribution in [0.15, 0.2) is 24.3 Å². The molecule has 3 nitrogen and oxygen atoms in total. The molecule has 1 atom stereocenters. The molecular formula is C13H18ClNO2. The molecule has 0 bridgehead atoms. The molecule has 0 heterocycles. The molecule has 1 aromatic carbocycles. The van der Waals surface area contributed by atoms with Crippen LogP contribution in [-0.2, 0) is 9.53 Å². The summed E-state index contributed by atoms with van der Waals surface area (Å²) in [6.07, 6.45) is 0.150. The van der Waals surface area contributed by atoms with E-state index < -0.39 is 5.60 Å². The molecule has 0 spiro atoms. The van der Waals surface area contributed by atoms with E-state index in [4.69, 9.17) is 22.1 Å². The van der Waals surface area contributed by atoms with Gasteiger partial charge in [-0.2, -0.15) is 0 Å². The fraction of sp³-hybridized carbons (Fsp3) is 0.462. The molecule has 17 heavy (non-hydrogen) atoms. The Morgan fingerprint density at radius 2 is 2.12 bits per heavy atom. The Morgan fingerprint density at radius 3 is 2.65 bits per heavy atom. The van der Waals surface area contributed by atoms with Crippen LogP contribution in [0.3, 0.4) is 0 Å². The highest BCUT2D eigenvalue weighted by molar-refractivity contribution is 6.30. The molecule has 0 aliphatic carbocycles. The summed E-state index contributed by atoms with van der Waals surface area (Å²) in [5.41, 5.74) is 6.28. The van der Waals surface area contributed by atoms with E-state index >= 15 is 0 Å². The first-order valence-electron chi connectivity index (χ1n) is 5.51. The summed E-state index contributed by atoms with van der Waals surface area (Å²) in [4.78, 5) is 11.6. The standard InChI is InChI=1S/C13H18ClNO2/c1-13(2,3)17-12(16)8-11(15)9-5-4-6-10(14)7-9/h4-7,11H,8,15H2,1-3H3/t11-/m0/s1. The van der Waals surface area contributed by atoms with Crippen molar-refractivity contribution >= 4 is 17.6 Å². The van der Waals surface area contributed by atoms with Crippen molar-refractivity contribution in [2.24, 2.45) is 5.73 Å². The van der Waals surface area contributed by atoms with Crippen molar-refractivity contribution in [3.63, 3.8) is 0 Å². The zero-order valence-electron chi connectivity index (χ0n) is 10.4. The molecule has 0 aromatic heterocycles. The summed E-state index contributed by atoms with van der Waals surface area (Å²) in [5, 5.41) is 0.613. The van der Waals surface area contributed by atoms with Gasteiger partial charge < -0.3 is 10.5 Å². The monoisotopic (exact) mass is 255 g/mol. The minimum Gasteiger partial charge on any atom is -0.460 e. The molecule has 0 amide bonds. The van der Waals surface area contributed by atoms with E-state index in [0.29, 0.717) is 5.02 Å². The average molecular weight is 256 g/mol. The van der Waals surface area contributed by atoms with Crippen molar-refractivity contribution in [1.82, 2.24) is 0 Å². The second-order valence-corrected chi connectivity index (χ2v) is 5.39. The van der Waals surface area contributed by atoms with E-state index in [0.717, 1.165) is 5.56 Å². The molecule has 4 heteroatoms. The maximum atomic E-state index is 11.6. The highest BCUT2D eigenvalue weighted by Gasteiger charge is 2.19. The van der Waals surface area contributed by atoms with Gasteiger partial charge in [-0.25, -0.2) is 0 Å². The van der Waals surface area contributed by atoms with E-state index in [9.17, 15) is 4.79 Å². The van der Waals surface area contributed by atoms with Gasteiger partial charge in [-0.1, -0.05) is 23.7 Å². The zero-order chi connectivity index (χ0) is 13.1. The van der Waals surface area contributed by atoms with Crippen molar-refractivity contribution < 1.29 is 9.53 Å². The SMILES string of the molecule is CC(C)(C)OC(=O)C[C@H](N)c1cccc(Cl)c1. The van der Waals surface area contributed by atoms with Crippen molar-refractivity contribution in [3.8, 4) is 0 Å². The molecule has 0 unspecified atom stereocenters. The van der Waals surface area contributed by atoms with Gasteiger partial charge in [0.2, 0.25) is 0 Å². The van der Waals surface area contributed by atoms with Crippen molar-refractivity contribution in [2.45, 2.75) is 38.8 Å².